The molecule has 0 aliphatic carbocycles. The van der Waals surface area contributed by atoms with Gasteiger partial charge in [-0.15, -0.1) is 0 Å². The van der Waals surface area contributed by atoms with Crippen molar-refractivity contribution in [2.45, 2.75) is 0 Å². The molecule has 3 rings (SSSR count). The first-order valence-electron chi connectivity index (χ1n) is 9.57. The van der Waals surface area contributed by atoms with Crippen LogP contribution >= 0.6 is 31.9 Å². The second-order valence-electron chi connectivity index (χ2n) is 6.83. The van der Waals surface area contributed by atoms with Crippen LogP contribution in [0.1, 0.15) is 31.8 Å². The van der Waals surface area contributed by atoms with Crippen LogP contribution in [0.25, 0.3) is 0 Å². The van der Waals surface area contributed by atoms with Gasteiger partial charge in [0.05, 0.1) is 17.4 Å². The van der Waals surface area contributed by atoms with Crippen LogP contribution < -0.4 is 10.9 Å². The molecule has 0 atom stereocenters. The molecule has 0 radical (unpaired) electrons. The number of nitro groups is 1. The van der Waals surface area contributed by atoms with Crippen LogP contribution in [0.2, 0.25) is 0 Å². The predicted molar refractivity (Wildman–Crippen MR) is 135 cm³/mol. The first kappa shape index (κ1) is 25.5. The van der Waals surface area contributed by atoms with Crippen molar-refractivity contribution < 1.29 is 24.7 Å². The molecule has 3 aromatic rings. The number of carbonyl (C=O) groups is 2. The van der Waals surface area contributed by atoms with Crippen molar-refractivity contribution >= 4 is 61.8 Å². The minimum Gasteiger partial charge on any atom is -0.507 e. The van der Waals surface area contributed by atoms with Crippen molar-refractivity contribution in [3.05, 3.63) is 95.9 Å². The summed E-state index contributed by atoms with van der Waals surface area (Å²) in [5, 5.41) is 38.4. The van der Waals surface area contributed by atoms with Crippen molar-refractivity contribution in [1.82, 2.24) is 10.9 Å². The predicted octanol–water partition coefficient (Wildman–Crippen LogP) is 4.06. The maximum atomic E-state index is 12.5. The van der Waals surface area contributed by atoms with E-state index in [1.807, 2.05) is 0 Å². The number of nitrogens with one attached hydrogen (secondary N) is 2. The lowest BCUT2D eigenvalue weighted by molar-refractivity contribution is -0.384. The fourth-order valence-electron chi connectivity index (χ4n) is 2.69. The Morgan fingerprint density at radius 2 is 1.23 bits per heavy atom. The molecule has 0 fully saturated rings. The number of hydrogen-bond donors (Lipinski definition) is 4. The van der Waals surface area contributed by atoms with Crippen LogP contribution in [0.5, 0.6) is 11.5 Å². The Bertz CT molecular complexity index is 1280. The van der Waals surface area contributed by atoms with Crippen molar-refractivity contribution in [3.63, 3.8) is 0 Å². The zero-order valence-corrected chi connectivity index (χ0v) is 20.6. The Morgan fingerprint density at radius 3 is 1.63 bits per heavy atom. The summed E-state index contributed by atoms with van der Waals surface area (Å²) in [6.07, 6.45) is 2.38. The number of nitro benzene ring substituents is 1. The molecule has 35 heavy (non-hydrogen) atoms. The monoisotopic (exact) mass is 603 g/mol. The standard InChI is InChI=1S/C22H15Br2N5O6/c23-16-1-3-19(30)14(6-16)10-25-27-21(32)12-5-13(9-18(8-12)29(34)35)22(33)28-26-11-15-7-17(24)2-4-20(15)31/h1-11,30-31H,(H,27,32)(H,28,33)/b25-10-,26-11+. The summed E-state index contributed by atoms with van der Waals surface area (Å²) in [5.41, 5.74) is 4.11. The maximum Gasteiger partial charge on any atom is 0.271 e. The van der Waals surface area contributed by atoms with Gasteiger partial charge in [-0.2, -0.15) is 10.2 Å². The van der Waals surface area contributed by atoms with E-state index in [0.29, 0.717) is 20.1 Å². The number of halogens is 2. The highest BCUT2D eigenvalue weighted by atomic mass is 79.9. The Hall–Kier alpha value is -4.10. The maximum absolute atomic E-state index is 12.5. The minimum absolute atomic E-state index is 0.0720. The second kappa shape index (κ2) is 11.4. The Labute approximate surface area is 214 Å². The van der Waals surface area contributed by atoms with Gasteiger partial charge < -0.3 is 10.2 Å². The topological polar surface area (TPSA) is 167 Å². The van der Waals surface area contributed by atoms with E-state index in [1.165, 1.54) is 24.6 Å². The Balaban J connectivity index is 1.77. The zero-order chi connectivity index (χ0) is 25.5. The molecule has 178 valence electrons. The lowest BCUT2D eigenvalue weighted by Gasteiger charge is -2.05. The average Bonchev–Trinajstić information content (AvgIpc) is 2.82. The molecule has 0 aromatic heterocycles. The van der Waals surface area contributed by atoms with Crippen LogP contribution in [0.3, 0.4) is 0 Å². The van der Waals surface area contributed by atoms with Gasteiger partial charge in [-0.1, -0.05) is 31.9 Å². The van der Waals surface area contributed by atoms with Gasteiger partial charge in [-0.05, 0) is 42.5 Å². The fourth-order valence-corrected chi connectivity index (χ4v) is 3.44. The molecule has 13 heteroatoms. The summed E-state index contributed by atoms with van der Waals surface area (Å²) in [7, 11) is 0. The quantitative estimate of drug-likeness (QED) is 0.180. The van der Waals surface area contributed by atoms with Gasteiger partial charge in [-0.3, -0.25) is 19.7 Å². The van der Waals surface area contributed by atoms with Gasteiger partial charge in [-0.25, -0.2) is 10.9 Å². The molecule has 3 aromatic carbocycles. The summed E-state index contributed by atoms with van der Waals surface area (Å²) in [4.78, 5) is 35.5. The number of hydrazone groups is 2. The first-order valence-corrected chi connectivity index (χ1v) is 11.2. The highest BCUT2D eigenvalue weighted by Crippen LogP contribution is 2.21. The molecular weight excluding hydrogens is 590 g/mol. The van der Waals surface area contributed by atoms with Gasteiger partial charge in [0, 0.05) is 43.3 Å². The number of benzene rings is 3. The molecule has 0 saturated carbocycles. The molecule has 0 heterocycles. The molecule has 0 aliphatic rings. The number of carbonyl (C=O) groups excluding carboxylic acids is 2. The lowest BCUT2D eigenvalue weighted by atomic mass is 10.1. The molecule has 2 amide bonds. The Kier molecular flexibility index (Phi) is 8.28. The van der Waals surface area contributed by atoms with Crippen molar-refractivity contribution in [2.24, 2.45) is 10.2 Å². The van der Waals surface area contributed by atoms with E-state index in [4.69, 9.17) is 0 Å². The number of hydrogen-bond acceptors (Lipinski definition) is 8. The number of amides is 2. The van der Waals surface area contributed by atoms with Crippen LogP contribution in [-0.2, 0) is 0 Å². The SMILES string of the molecule is O=C(N/N=C\c1cc(Br)ccc1O)c1cc(C(=O)N/N=C/c2cc(Br)ccc2O)cc([N+](=O)[O-])c1. The number of phenols is 2. The van der Waals surface area contributed by atoms with Crippen LogP contribution in [0, 0.1) is 10.1 Å². The largest absolute Gasteiger partial charge is 0.507 e. The zero-order valence-electron chi connectivity index (χ0n) is 17.5. The van der Waals surface area contributed by atoms with E-state index in [0.717, 1.165) is 18.2 Å². The van der Waals surface area contributed by atoms with Gasteiger partial charge >= 0.3 is 0 Å². The molecular formula is C22H15Br2N5O6. The highest BCUT2D eigenvalue weighted by molar-refractivity contribution is 9.10. The highest BCUT2D eigenvalue weighted by Gasteiger charge is 2.18. The number of phenolic OH excluding ortho intramolecular Hbond substituents is 2. The average molecular weight is 605 g/mol. The summed E-state index contributed by atoms with van der Waals surface area (Å²) >= 11 is 6.50. The Morgan fingerprint density at radius 1 is 0.800 bits per heavy atom. The smallest absolute Gasteiger partial charge is 0.271 e. The fraction of sp³-hybridized carbons (Fsp3) is 0. The van der Waals surface area contributed by atoms with Gasteiger partial charge in [0.15, 0.2) is 0 Å². The van der Waals surface area contributed by atoms with Crippen LogP contribution in [0.15, 0.2) is 73.7 Å². The molecule has 4 N–H and O–H groups in total. The van der Waals surface area contributed by atoms with Crippen LogP contribution in [0.4, 0.5) is 5.69 Å². The minimum atomic E-state index is -0.823. The molecule has 0 spiro atoms. The molecule has 11 nitrogen and oxygen atoms in total. The molecule has 0 aliphatic heterocycles. The number of non-ortho nitro benzene ring substituents is 1. The van der Waals surface area contributed by atoms with E-state index in [-0.39, 0.29) is 22.6 Å². The molecule has 0 unspecified atom stereocenters. The third-order valence-electron chi connectivity index (χ3n) is 4.37. The van der Waals surface area contributed by atoms with E-state index in [2.05, 4.69) is 52.9 Å². The van der Waals surface area contributed by atoms with Crippen molar-refractivity contribution in [3.8, 4) is 11.5 Å². The van der Waals surface area contributed by atoms with Gasteiger partial charge in [0.25, 0.3) is 17.5 Å². The first-order chi connectivity index (χ1) is 16.6. The van der Waals surface area contributed by atoms with E-state index in [1.54, 1.807) is 24.3 Å². The molecule has 0 saturated heterocycles. The van der Waals surface area contributed by atoms with Gasteiger partial charge in [0.2, 0.25) is 0 Å². The molecule has 0 bridgehead atoms. The summed E-state index contributed by atoms with van der Waals surface area (Å²) in [6.45, 7) is 0. The summed E-state index contributed by atoms with van der Waals surface area (Å²) < 4.78 is 1.35. The number of aromatic hydroxyl groups is 2. The third-order valence-corrected chi connectivity index (χ3v) is 5.36. The van der Waals surface area contributed by atoms with Crippen LogP contribution in [-0.4, -0.2) is 39.4 Å². The number of rotatable bonds is 7. The van der Waals surface area contributed by atoms with Crippen molar-refractivity contribution in [2.75, 3.05) is 0 Å². The summed E-state index contributed by atoms with van der Waals surface area (Å²) in [5.74, 6) is -1.79. The van der Waals surface area contributed by atoms with E-state index in [9.17, 15) is 29.9 Å². The van der Waals surface area contributed by atoms with Gasteiger partial charge in [0.1, 0.15) is 11.5 Å². The summed E-state index contributed by atoms with van der Waals surface area (Å²) in [6, 6.07) is 12.3. The third kappa shape index (κ3) is 6.94. The normalized spacial score (nSPS) is 11.0. The van der Waals surface area contributed by atoms with E-state index >= 15 is 0 Å². The second-order valence-corrected chi connectivity index (χ2v) is 8.66. The van der Waals surface area contributed by atoms with E-state index < -0.39 is 22.4 Å². The van der Waals surface area contributed by atoms with Crippen molar-refractivity contribution in [1.29, 1.82) is 0 Å². The number of nitrogens with zero attached hydrogens (tertiary/aromatic N) is 3. The lowest BCUT2D eigenvalue weighted by Crippen LogP contribution is -2.21.